The number of aromatic nitrogens is 3. The molecule has 22 heavy (non-hydrogen) atoms. The van der Waals surface area contributed by atoms with Crippen LogP contribution in [0.2, 0.25) is 0 Å². The van der Waals surface area contributed by atoms with Crippen LogP contribution in [0.3, 0.4) is 0 Å². The highest BCUT2D eigenvalue weighted by Crippen LogP contribution is 2.22. The smallest absolute Gasteiger partial charge is 0.409 e. The van der Waals surface area contributed by atoms with Gasteiger partial charge in [-0.05, 0) is 18.2 Å². The normalized spacial score (nSPS) is 12.2. The molecule has 0 aliphatic heterocycles. The van der Waals surface area contributed by atoms with Gasteiger partial charge in [-0.2, -0.15) is 0 Å². The second kappa shape index (κ2) is 5.57. The van der Waals surface area contributed by atoms with Gasteiger partial charge in [0.2, 0.25) is 0 Å². The third-order valence-electron chi connectivity index (χ3n) is 3.05. The molecule has 0 saturated heterocycles. The maximum Gasteiger partial charge on any atom is 0.409 e. The van der Waals surface area contributed by atoms with Crippen molar-refractivity contribution in [2.45, 2.75) is 4.90 Å². The topological polar surface area (TPSA) is 108 Å². The minimum absolute atomic E-state index is 0.368. The first-order valence-corrected chi connectivity index (χ1v) is 7.88. The number of carbonyl (C=O) groups is 1. The minimum atomic E-state index is -1.15. The van der Waals surface area contributed by atoms with E-state index >= 15 is 0 Å². The Morgan fingerprint density at radius 1 is 1.32 bits per heavy atom. The second-order valence-electron chi connectivity index (χ2n) is 4.59. The molecule has 3 N–H and O–H groups in total. The van der Waals surface area contributed by atoms with E-state index in [0.29, 0.717) is 22.7 Å². The molecular formula is C14H12N4O3S. The first-order chi connectivity index (χ1) is 10.5. The van der Waals surface area contributed by atoms with Gasteiger partial charge in [0, 0.05) is 27.5 Å². The quantitative estimate of drug-likeness (QED) is 0.688. The largest absolute Gasteiger partial charge is 0.465 e. The van der Waals surface area contributed by atoms with Gasteiger partial charge in [-0.15, -0.1) is 0 Å². The zero-order valence-corrected chi connectivity index (χ0v) is 12.3. The Balaban J connectivity index is 1.97. The summed E-state index contributed by atoms with van der Waals surface area (Å²) in [6.07, 6.45) is 1.88. The number of nitrogens with zero attached hydrogens (tertiary/aromatic N) is 2. The average molecular weight is 316 g/mol. The summed E-state index contributed by atoms with van der Waals surface area (Å²) in [5.41, 5.74) is 2.32. The summed E-state index contributed by atoms with van der Waals surface area (Å²) >= 11 is 0. The number of H-pyrrole nitrogens is 1. The maximum atomic E-state index is 11.4. The van der Waals surface area contributed by atoms with E-state index in [2.05, 4.69) is 20.3 Å². The Labute approximate surface area is 127 Å². The molecule has 0 spiro atoms. The highest BCUT2D eigenvalue weighted by molar-refractivity contribution is 7.84. The summed E-state index contributed by atoms with van der Waals surface area (Å²) in [5.74, 6) is 0.614. The van der Waals surface area contributed by atoms with E-state index in [1.54, 1.807) is 24.5 Å². The monoisotopic (exact) mass is 316 g/mol. The minimum Gasteiger partial charge on any atom is -0.465 e. The zero-order chi connectivity index (χ0) is 15.7. The number of carboxylic acid groups (broad SMARTS) is 1. The fraction of sp³-hybridized carbons (Fsp3) is 0.0714. The predicted molar refractivity (Wildman–Crippen MR) is 83.3 cm³/mol. The van der Waals surface area contributed by atoms with Crippen LogP contribution in [0.1, 0.15) is 0 Å². The third-order valence-corrected chi connectivity index (χ3v) is 3.98. The molecule has 0 aliphatic rings. The van der Waals surface area contributed by atoms with Crippen molar-refractivity contribution in [2.24, 2.45) is 0 Å². The van der Waals surface area contributed by atoms with Crippen molar-refractivity contribution in [3.63, 3.8) is 0 Å². The molecule has 1 atom stereocenters. The standard InChI is InChI=1S/C14H12N4O3S/c1-22(21)10-4-2-8(3-5-10)12-17-11-6-9(16-14(19)20)7-15-13(11)18-12/h2-7,16H,1H3,(H,19,20)(H,15,17,18). The van der Waals surface area contributed by atoms with Crippen LogP contribution in [-0.4, -0.2) is 36.6 Å². The number of hydrogen-bond acceptors (Lipinski definition) is 4. The highest BCUT2D eigenvalue weighted by Gasteiger charge is 2.08. The van der Waals surface area contributed by atoms with Gasteiger partial charge in [-0.25, -0.2) is 14.8 Å². The van der Waals surface area contributed by atoms with Crippen molar-refractivity contribution in [1.29, 1.82) is 0 Å². The van der Waals surface area contributed by atoms with E-state index < -0.39 is 16.9 Å². The van der Waals surface area contributed by atoms with Crippen LogP contribution >= 0.6 is 0 Å². The van der Waals surface area contributed by atoms with Crippen molar-refractivity contribution < 1.29 is 14.1 Å². The van der Waals surface area contributed by atoms with E-state index in [0.717, 1.165) is 10.5 Å². The lowest BCUT2D eigenvalue weighted by atomic mass is 10.2. The number of rotatable bonds is 3. The van der Waals surface area contributed by atoms with Gasteiger partial charge in [0.05, 0.1) is 17.4 Å². The molecule has 7 nitrogen and oxygen atoms in total. The zero-order valence-electron chi connectivity index (χ0n) is 11.5. The molecule has 0 saturated carbocycles. The lowest BCUT2D eigenvalue weighted by Gasteiger charge is -1.99. The van der Waals surface area contributed by atoms with Crippen LogP contribution in [0.5, 0.6) is 0 Å². The van der Waals surface area contributed by atoms with E-state index in [4.69, 9.17) is 5.11 Å². The summed E-state index contributed by atoms with van der Waals surface area (Å²) in [6.45, 7) is 0. The number of aromatic amines is 1. The number of imidazole rings is 1. The number of hydrogen-bond donors (Lipinski definition) is 3. The van der Waals surface area contributed by atoms with Gasteiger partial charge in [0.15, 0.2) is 5.65 Å². The van der Waals surface area contributed by atoms with Gasteiger partial charge in [0.1, 0.15) is 5.82 Å². The molecular weight excluding hydrogens is 304 g/mol. The van der Waals surface area contributed by atoms with Crippen molar-refractivity contribution >= 4 is 33.7 Å². The summed E-state index contributed by atoms with van der Waals surface area (Å²) in [5, 5.41) is 10.9. The molecule has 1 unspecified atom stereocenters. The fourth-order valence-corrected chi connectivity index (χ4v) is 2.55. The predicted octanol–water partition coefficient (Wildman–Crippen LogP) is 2.45. The molecule has 3 aromatic rings. The molecule has 0 bridgehead atoms. The Bertz CT molecular complexity index is 873. The lowest BCUT2D eigenvalue weighted by molar-refractivity contribution is 0.209. The molecule has 2 heterocycles. The molecule has 0 fully saturated rings. The highest BCUT2D eigenvalue weighted by atomic mass is 32.2. The molecule has 8 heteroatoms. The Hall–Kier alpha value is -2.74. The lowest BCUT2D eigenvalue weighted by Crippen LogP contribution is -2.07. The second-order valence-corrected chi connectivity index (χ2v) is 5.97. The summed E-state index contributed by atoms with van der Waals surface area (Å²) in [4.78, 5) is 22.9. The van der Waals surface area contributed by atoms with Crippen LogP contribution < -0.4 is 5.32 Å². The Morgan fingerprint density at radius 3 is 2.68 bits per heavy atom. The summed E-state index contributed by atoms with van der Waals surface area (Å²) in [7, 11) is -1.02. The number of benzene rings is 1. The van der Waals surface area contributed by atoms with E-state index in [1.165, 1.54) is 6.20 Å². The summed E-state index contributed by atoms with van der Waals surface area (Å²) < 4.78 is 11.4. The van der Waals surface area contributed by atoms with Crippen LogP contribution in [0.4, 0.5) is 10.5 Å². The van der Waals surface area contributed by atoms with Crippen LogP contribution in [-0.2, 0) is 10.8 Å². The number of amides is 1. The molecule has 1 aromatic carbocycles. The van der Waals surface area contributed by atoms with E-state index in [9.17, 15) is 9.00 Å². The van der Waals surface area contributed by atoms with Gasteiger partial charge in [-0.1, -0.05) is 12.1 Å². The summed E-state index contributed by atoms with van der Waals surface area (Å²) in [6, 6.07) is 8.84. The van der Waals surface area contributed by atoms with Gasteiger partial charge in [0.25, 0.3) is 0 Å². The molecule has 2 aromatic heterocycles. The van der Waals surface area contributed by atoms with Crippen LogP contribution in [0.25, 0.3) is 22.6 Å². The van der Waals surface area contributed by atoms with Crippen LogP contribution in [0, 0.1) is 0 Å². The van der Waals surface area contributed by atoms with Crippen molar-refractivity contribution in [3.05, 3.63) is 36.5 Å². The molecule has 0 radical (unpaired) electrons. The SMILES string of the molecule is CS(=O)c1ccc(-c2nc3ncc(NC(=O)O)cc3[nH]2)cc1. The average Bonchev–Trinajstić information content (AvgIpc) is 2.90. The Kier molecular flexibility index (Phi) is 3.60. The van der Waals surface area contributed by atoms with Gasteiger partial charge < -0.3 is 10.1 Å². The molecule has 1 amide bonds. The van der Waals surface area contributed by atoms with Crippen molar-refractivity contribution in [1.82, 2.24) is 15.0 Å². The number of fused-ring (bicyclic) bond motifs is 1. The molecule has 3 rings (SSSR count). The molecule has 0 aliphatic carbocycles. The van der Waals surface area contributed by atoms with Gasteiger partial charge >= 0.3 is 6.09 Å². The van der Waals surface area contributed by atoms with Crippen LogP contribution in [0.15, 0.2) is 41.4 Å². The third kappa shape index (κ3) is 2.82. The first kappa shape index (κ1) is 14.2. The molecule has 112 valence electrons. The maximum absolute atomic E-state index is 11.4. The first-order valence-electron chi connectivity index (χ1n) is 6.32. The van der Waals surface area contributed by atoms with Gasteiger partial charge in [-0.3, -0.25) is 9.53 Å². The fourth-order valence-electron chi connectivity index (χ4n) is 2.03. The number of pyridine rings is 1. The number of anilines is 1. The van der Waals surface area contributed by atoms with Crippen molar-refractivity contribution in [3.8, 4) is 11.4 Å². The number of nitrogens with one attached hydrogen (secondary N) is 2. The van der Waals surface area contributed by atoms with E-state index in [1.807, 2.05) is 12.1 Å². The van der Waals surface area contributed by atoms with E-state index in [-0.39, 0.29) is 0 Å². The Morgan fingerprint density at radius 2 is 2.05 bits per heavy atom. The van der Waals surface area contributed by atoms with Crippen molar-refractivity contribution in [2.75, 3.05) is 11.6 Å².